The largest absolute Gasteiger partial charge is 0.478 e. The highest BCUT2D eigenvalue weighted by Gasteiger charge is 2.10. The molecule has 2 aromatic rings. The summed E-state index contributed by atoms with van der Waals surface area (Å²) >= 11 is 5.73. The molecular weight excluding hydrogens is 274 g/mol. The Morgan fingerprint density at radius 3 is 2.79 bits per heavy atom. The molecule has 0 aliphatic rings. The number of H-pyrrole nitrogens is 1. The third kappa shape index (κ3) is 2.89. The molecule has 2 N–H and O–H groups in total. The van der Waals surface area contributed by atoms with E-state index in [4.69, 9.17) is 16.7 Å². The predicted octanol–water partition coefficient (Wildman–Crippen LogP) is 0.331. The second-order valence-electron chi connectivity index (χ2n) is 3.72. The lowest BCUT2D eigenvalue weighted by atomic mass is 10.1. The maximum atomic E-state index is 11.4. The molecule has 0 saturated heterocycles. The van der Waals surface area contributed by atoms with Crippen LogP contribution in [0.25, 0.3) is 0 Å². The number of halogens is 1. The number of hydrogen-bond acceptors (Lipinski definition) is 4. The van der Waals surface area contributed by atoms with Crippen LogP contribution in [-0.4, -0.2) is 25.8 Å². The molecule has 0 atom stereocenters. The van der Waals surface area contributed by atoms with E-state index in [1.807, 2.05) is 0 Å². The summed E-state index contributed by atoms with van der Waals surface area (Å²) < 4.78 is 1.01. The van der Waals surface area contributed by atoms with Crippen molar-refractivity contribution in [1.29, 1.82) is 0 Å². The minimum Gasteiger partial charge on any atom is -0.478 e. The minimum atomic E-state index is -1.16. The van der Waals surface area contributed by atoms with Gasteiger partial charge in [-0.1, -0.05) is 17.7 Å². The van der Waals surface area contributed by atoms with Crippen molar-refractivity contribution in [2.75, 3.05) is 0 Å². The van der Waals surface area contributed by atoms with E-state index in [0.29, 0.717) is 5.56 Å². The molecule has 2 rings (SSSR count). The van der Waals surface area contributed by atoms with E-state index in [9.17, 15) is 14.4 Å². The normalized spacial score (nSPS) is 10.4. The van der Waals surface area contributed by atoms with Crippen molar-refractivity contribution >= 4 is 17.6 Å². The highest BCUT2D eigenvalue weighted by atomic mass is 35.5. The Labute approximate surface area is 111 Å². The summed E-state index contributed by atoms with van der Waals surface area (Å²) in [5.41, 5.74) is -0.789. The van der Waals surface area contributed by atoms with Crippen LogP contribution < -0.4 is 11.2 Å². The smallest absolute Gasteiger partial charge is 0.345 e. The monoisotopic (exact) mass is 281 g/mol. The Morgan fingerprint density at radius 1 is 1.42 bits per heavy atom. The van der Waals surface area contributed by atoms with Gasteiger partial charge in [-0.25, -0.2) is 14.3 Å². The van der Waals surface area contributed by atoms with Crippen LogP contribution in [0.1, 0.15) is 15.9 Å². The van der Waals surface area contributed by atoms with Gasteiger partial charge in [0.05, 0.1) is 17.1 Å². The fourth-order valence-corrected chi connectivity index (χ4v) is 1.70. The van der Waals surface area contributed by atoms with Crippen LogP contribution >= 0.6 is 11.6 Å². The van der Waals surface area contributed by atoms with Gasteiger partial charge in [-0.2, -0.15) is 5.10 Å². The first kappa shape index (κ1) is 13.0. The molecule has 8 heteroatoms. The summed E-state index contributed by atoms with van der Waals surface area (Å²) in [6, 6.07) is 4.36. The van der Waals surface area contributed by atoms with Gasteiger partial charge in [-0.3, -0.25) is 9.78 Å². The molecule has 0 amide bonds. The van der Waals surface area contributed by atoms with Crippen molar-refractivity contribution < 1.29 is 9.90 Å². The van der Waals surface area contributed by atoms with Crippen molar-refractivity contribution in [3.8, 4) is 0 Å². The zero-order valence-corrected chi connectivity index (χ0v) is 10.2. The molecule has 0 bridgehead atoms. The van der Waals surface area contributed by atoms with Crippen LogP contribution in [0.15, 0.2) is 34.0 Å². The van der Waals surface area contributed by atoms with Gasteiger partial charge in [0, 0.05) is 0 Å². The number of benzene rings is 1. The van der Waals surface area contributed by atoms with E-state index in [2.05, 4.69) is 10.1 Å². The van der Waals surface area contributed by atoms with Crippen LogP contribution in [0.5, 0.6) is 0 Å². The quantitative estimate of drug-likeness (QED) is 0.843. The lowest BCUT2D eigenvalue weighted by Gasteiger charge is -2.05. The summed E-state index contributed by atoms with van der Waals surface area (Å²) in [5.74, 6) is -1.16. The van der Waals surface area contributed by atoms with Gasteiger partial charge in [0.25, 0.3) is 5.56 Å². The zero-order chi connectivity index (χ0) is 14.0. The number of hydrogen-bond donors (Lipinski definition) is 2. The molecule has 0 radical (unpaired) electrons. The van der Waals surface area contributed by atoms with Gasteiger partial charge < -0.3 is 5.11 Å². The molecule has 19 heavy (non-hydrogen) atoms. The molecule has 0 spiro atoms. The van der Waals surface area contributed by atoms with E-state index in [1.165, 1.54) is 12.1 Å². The second kappa shape index (κ2) is 5.07. The molecule has 0 aliphatic carbocycles. The van der Waals surface area contributed by atoms with Crippen molar-refractivity contribution in [3.05, 3.63) is 61.4 Å². The van der Waals surface area contributed by atoms with Gasteiger partial charge in [-0.15, -0.1) is 0 Å². The van der Waals surface area contributed by atoms with E-state index < -0.39 is 17.2 Å². The van der Waals surface area contributed by atoms with Crippen LogP contribution in [0.3, 0.4) is 0 Å². The Morgan fingerprint density at radius 2 is 2.16 bits per heavy atom. The third-order valence-corrected chi connectivity index (χ3v) is 2.70. The molecule has 1 heterocycles. The number of carboxylic acids is 1. The van der Waals surface area contributed by atoms with Gasteiger partial charge in [0.2, 0.25) is 0 Å². The molecule has 0 unspecified atom stereocenters. The zero-order valence-electron chi connectivity index (χ0n) is 9.46. The first-order chi connectivity index (χ1) is 8.97. The molecule has 7 nitrogen and oxygen atoms in total. The maximum absolute atomic E-state index is 11.4. The summed E-state index contributed by atoms with van der Waals surface area (Å²) in [7, 11) is 0. The fraction of sp³-hybridized carbons (Fsp3) is 0.0909. The van der Waals surface area contributed by atoms with Gasteiger partial charge in [0.15, 0.2) is 0 Å². The Hall–Kier alpha value is -2.41. The highest BCUT2D eigenvalue weighted by Crippen LogP contribution is 2.17. The molecule has 1 aromatic carbocycles. The summed E-state index contributed by atoms with van der Waals surface area (Å²) in [4.78, 5) is 35.3. The summed E-state index contributed by atoms with van der Waals surface area (Å²) in [6.45, 7) is 0.0348. The first-order valence-electron chi connectivity index (χ1n) is 5.15. The number of carbonyl (C=O) groups is 1. The fourth-order valence-electron chi connectivity index (χ4n) is 1.50. The topological polar surface area (TPSA) is 105 Å². The molecular formula is C11H8ClN3O4. The standard InChI is InChI=1S/C11H8ClN3O4/c12-8-2-1-6(3-7(8)10(17)18)5-15-11(19)14-9(16)4-13-15/h1-4H,5H2,(H,17,18)(H,14,16,19). The number of nitrogens with one attached hydrogen (secondary N) is 1. The van der Waals surface area contributed by atoms with Gasteiger partial charge >= 0.3 is 11.7 Å². The Kier molecular flexibility index (Phi) is 3.48. The van der Waals surface area contributed by atoms with Gasteiger partial charge in [-0.05, 0) is 17.7 Å². The first-order valence-corrected chi connectivity index (χ1v) is 5.53. The van der Waals surface area contributed by atoms with Crippen molar-refractivity contribution in [3.63, 3.8) is 0 Å². The lowest BCUT2D eigenvalue weighted by molar-refractivity contribution is 0.0697. The average molecular weight is 282 g/mol. The third-order valence-electron chi connectivity index (χ3n) is 2.37. The number of rotatable bonds is 3. The molecule has 98 valence electrons. The minimum absolute atomic E-state index is 0.0348. The van der Waals surface area contributed by atoms with E-state index in [-0.39, 0.29) is 17.1 Å². The summed E-state index contributed by atoms with van der Waals surface area (Å²) in [5, 5.41) is 12.7. The lowest BCUT2D eigenvalue weighted by Crippen LogP contribution is -2.31. The highest BCUT2D eigenvalue weighted by molar-refractivity contribution is 6.33. The second-order valence-corrected chi connectivity index (χ2v) is 4.12. The summed E-state index contributed by atoms with van der Waals surface area (Å²) in [6.07, 6.45) is 0.968. The number of aromatic nitrogens is 3. The van der Waals surface area contributed by atoms with Crippen molar-refractivity contribution in [2.24, 2.45) is 0 Å². The molecule has 0 aliphatic heterocycles. The van der Waals surface area contributed by atoms with Crippen molar-refractivity contribution in [2.45, 2.75) is 6.54 Å². The van der Waals surface area contributed by atoms with Crippen LogP contribution in [-0.2, 0) is 6.54 Å². The van der Waals surface area contributed by atoms with Crippen LogP contribution in [0, 0.1) is 0 Å². The SMILES string of the molecule is O=C(O)c1cc(Cn2ncc(=O)[nH]c2=O)ccc1Cl. The predicted molar refractivity (Wildman–Crippen MR) is 66.6 cm³/mol. The van der Waals surface area contributed by atoms with Crippen molar-refractivity contribution in [1.82, 2.24) is 14.8 Å². The van der Waals surface area contributed by atoms with E-state index >= 15 is 0 Å². The Bertz CT molecular complexity index is 750. The number of aromatic carboxylic acids is 1. The van der Waals surface area contributed by atoms with Crippen LogP contribution in [0.4, 0.5) is 0 Å². The van der Waals surface area contributed by atoms with E-state index in [1.54, 1.807) is 6.07 Å². The number of nitrogens with zero attached hydrogens (tertiary/aromatic N) is 2. The number of carboxylic acid groups (broad SMARTS) is 1. The Balaban J connectivity index is 2.39. The average Bonchev–Trinajstić information content (AvgIpc) is 2.34. The molecule has 0 fully saturated rings. The van der Waals surface area contributed by atoms with Gasteiger partial charge in [0.1, 0.15) is 6.20 Å². The van der Waals surface area contributed by atoms with Crippen LogP contribution in [0.2, 0.25) is 5.02 Å². The maximum Gasteiger partial charge on any atom is 0.345 e. The molecule has 0 saturated carbocycles. The van der Waals surface area contributed by atoms with E-state index in [0.717, 1.165) is 10.9 Å². The molecule has 1 aromatic heterocycles. The number of aromatic amines is 1.